The average molecular weight is 701 g/mol. The lowest BCUT2D eigenvalue weighted by atomic mass is 9.98. The zero-order chi connectivity index (χ0) is 37.1. The maximum atomic E-state index is 13.5. The molecule has 4 heterocycles. The molecule has 0 aliphatic heterocycles. The van der Waals surface area contributed by atoms with Crippen molar-refractivity contribution in [1.29, 1.82) is 0 Å². The number of aryl methyl sites for hydroxylation is 4. The third-order valence-corrected chi connectivity index (χ3v) is 10.4. The zero-order valence-electron chi connectivity index (χ0n) is 30.5. The van der Waals surface area contributed by atoms with Crippen molar-refractivity contribution in [2.45, 2.75) is 27.7 Å². The molecule has 0 bridgehead atoms. The van der Waals surface area contributed by atoms with E-state index in [9.17, 15) is 9.59 Å². The smallest absolute Gasteiger partial charge is 0.266 e. The summed E-state index contributed by atoms with van der Waals surface area (Å²) in [7, 11) is 0. The molecule has 0 amide bonds. The number of nitrogens with zero attached hydrogens (tertiary/aromatic N) is 4. The number of fused-ring (bicyclic) bond motifs is 8. The molecule has 6 aromatic carbocycles. The van der Waals surface area contributed by atoms with Gasteiger partial charge in [0.2, 0.25) is 0 Å². The highest BCUT2D eigenvalue weighted by Gasteiger charge is 2.19. The minimum absolute atomic E-state index is 0.0278. The number of aromatic nitrogens is 4. The summed E-state index contributed by atoms with van der Waals surface area (Å²) in [4.78, 5) is 36.7. The molecule has 6 heteroatoms. The summed E-state index contributed by atoms with van der Waals surface area (Å²) in [6.45, 7) is 8.35. The maximum Gasteiger partial charge on any atom is 0.266 e. The van der Waals surface area contributed by atoms with Crippen molar-refractivity contribution in [3.05, 3.63) is 189 Å². The van der Waals surface area contributed by atoms with E-state index in [1.54, 1.807) is 8.80 Å². The summed E-state index contributed by atoms with van der Waals surface area (Å²) in [6.07, 6.45) is 0. The second kappa shape index (κ2) is 12.9. The number of pyridine rings is 2. The molecule has 10 rings (SSSR count). The number of rotatable bonds is 2. The van der Waals surface area contributed by atoms with E-state index in [1.165, 1.54) is 11.1 Å². The van der Waals surface area contributed by atoms with Crippen LogP contribution in [-0.4, -0.2) is 18.8 Å². The molecule has 0 spiro atoms. The highest BCUT2D eigenvalue weighted by Crippen LogP contribution is 2.34. The molecule has 0 atom stereocenters. The van der Waals surface area contributed by atoms with Crippen LogP contribution in [0.4, 0.5) is 0 Å². The summed E-state index contributed by atoms with van der Waals surface area (Å²) in [6, 6.07) is 47.9. The summed E-state index contributed by atoms with van der Waals surface area (Å²) >= 11 is 0. The van der Waals surface area contributed by atoms with Gasteiger partial charge in [0.15, 0.2) is 0 Å². The predicted octanol–water partition coefficient (Wildman–Crippen LogP) is 10.6. The van der Waals surface area contributed by atoms with Crippen LogP contribution in [0.5, 0.6) is 0 Å². The van der Waals surface area contributed by atoms with Crippen molar-refractivity contribution in [2.75, 3.05) is 0 Å². The van der Waals surface area contributed by atoms with Crippen LogP contribution in [0.2, 0.25) is 0 Å². The molecule has 0 fully saturated rings. The van der Waals surface area contributed by atoms with Crippen molar-refractivity contribution in [1.82, 2.24) is 18.8 Å². The molecule has 0 aliphatic carbocycles. The number of hydrogen-bond acceptors (Lipinski definition) is 4. The molecule has 0 unspecified atom stereocenters. The lowest BCUT2D eigenvalue weighted by Crippen LogP contribution is -2.18. The number of para-hydroxylation sites is 2. The van der Waals surface area contributed by atoms with Crippen LogP contribution in [0.25, 0.3) is 77.2 Å². The lowest BCUT2D eigenvalue weighted by molar-refractivity contribution is 1.08. The van der Waals surface area contributed by atoms with E-state index in [0.29, 0.717) is 22.1 Å². The zero-order valence-corrected chi connectivity index (χ0v) is 30.5. The van der Waals surface area contributed by atoms with Gasteiger partial charge in [-0.3, -0.25) is 18.4 Å². The molecule has 0 saturated carbocycles. The lowest BCUT2D eigenvalue weighted by Gasteiger charge is -2.17. The quantitative estimate of drug-likeness (QED) is 0.133. The first kappa shape index (κ1) is 33.0. The first-order chi connectivity index (χ1) is 26.3. The Bertz CT molecular complexity index is 3020. The highest BCUT2D eigenvalue weighted by molar-refractivity contribution is 6.03. The van der Waals surface area contributed by atoms with E-state index in [1.807, 2.05) is 109 Å². The Kier molecular flexibility index (Phi) is 7.89. The molecule has 6 nitrogen and oxygen atoms in total. The minimum Gasteiger partial charge on any atom is -0.268 e. The normalized spacial score (nSPS) is 11.5. The van der Waals surface area contributed by atoms with E-state index in [2.05, 4.69) is 64.1 Å². The van der Waals surface area contributed by atoms with Crippen LogP contribution in [0, 0.1) is 27.7 Å². The topological polar surface area (TPSA) is 68.7 Å². The van der Waals surface area contributed by atoms with E-state index in [0.717, 1.165) is 66.2 Å². The second-order valence-corrected chi connectivity index (χ2v) is 14.0. The summed E-state index contributed by atoms with van der Waals surface area (Å²) in [5, 5.41) is 5.55. The van der Waals surface area contributed by atoms with Crippen LogP contribution in [0.1, 0.15) is 22.3 Å². The minimum atomic E-state index is -0.0278. The third kappa shape index (κ3) is 5.26. The second-order valence-electron chi connectivity index (χ2n) is 14.0. The van der Waals surface area contributed by atoms with Gasteiger partial charge in [0.1, 0.15) is 11.3 Å². The molecule has 0 radical (unpaired) electrons. The Labute approximate surface area is 311 Å². The third-order valence-electron chi connectivity index (χ3n) is 10.4. The molecule has 0 saturated heterocycles. The van der Waals surface area contributed by atoms with Crippen LogP contribution < -0.4 is 11.1 Å². The van der Waals surface area contributed by atoms with Crippen molar-refractivity contribution < 1.29 is 0 Å². The Balaban J connectivity index is 0.000000142. The maximum absolute atomic E-state index is 13.5. The van der Waals surface area contributed by atoms with Crippen LogP contribution >= 0.6 is 0 Å². The van der Waals surface area contributed by atoms with E-state index < -0.39 is 0 Å². The van der Waals surface area contributed by atoms with Crippen molar-refractivity contribution in [3.63, 3.8) is 0 Å². The summed E-state index contributed by atoms with van der Waals surface area (Å²) in [5.74, 6) is 0. The van der Waals surface area contributed by atoms with Crippen molar-refractivity contribution in [3.8, 4) is 22.5 Å². The van der Waals surface area contributed by atoms with Gasteiger partial charge in [0.05, 0.1) is 33.2 Å². The number of benzene rings is 6. The monoisotopic (exact) mass is 700 g/mol. The standard InChI is InChI=1S/2C24H18N2O/c2*1-15-12-13-18-20(14-15)16(2)22(17-8-4-3-5-9-17)26-23(18)25-21-11-7-6-10-19(21)24(26)27/h2*3-14H,1-2H3. The van der Waals surface area contributed by atoms with Crippen LogP contribution in [0.3, 0.4) is 0 Å². The van der Waals surface area contributed by atoms with Crippen molar-refractivity contribution in [2.24, 2.45) is 0 Å². The Morgan fingerprint density at radius 2 is 0.759 bits per heavy atom. The fraction of sp³-hybridized carbons (Fsp3) is 0.0833. The first-order valence-electron chi connectivity index (χ1n) is 18.1. The van der Waals surface area contributed by atoms with Gasteiger partial charge in [-0.15, -0.1) is 0 Å². The molecule has 10 aromatic rings. The number of hydrogen-bond donors (Lipinski definition) is 0. The van der Waals surface area contributed by atoms with Gasteiger partial charge in [0, 0.05) is 10.8 Å². The van der Waals surface area contributed by atoms with Gasteiger partial charge in [-0.25, -0.2) is 9.97 Å². The predicted molar refractivity (Wildman–Crippen MR) is 223 cm³/mol. The van der Waals surface area contributed by atoms with Crippen LogP contribution in [0.15, 0.2) is 155 Å². The van der Waals surface area contributed by atoms with Gasteiger partial charge in [-0.2, -0.15) is 0 Å². The van der Waals surface area contributed by atoms with E-state index in [-0.39, 0.29) is 11.1 Å². The highest BCUT2D eigenvalue weighted by atomic mass is 16.1. The molecule has 4 aromatic heterocycles. The Morgan fingerprint density at radius 3 is 1.17 bits per heavy atom. The Morgan fingerprint density at radius 1 is 0.389 bits per heavy atom. The Hall–Kier alpha value is -6.92. The fourth-order valence-electron chi connectivity index (χ4n) is 7.84. The van der Waals surface area contributed by atoms with Gasteiger partial charge >= 0.3 is 0 Å². The van der Waals surface area contributed by atoms with Crippen molar-refractivity contribution >= 4 is 54.6 Å². The van der Waals surface area contributed by atoms with Gasteiger partial charge in [0.25, 0.3) is 11.1 Å². The fourth-order valence-corrected chi connectivity index (χ4v) is 7.84. The summed E-state index contributed by atoms with van der Waals surface area (Å²) < 4.78 is 3.56. The SMILES string of the molecule is Cc1ccc2c(c1)c(C)c(-c1ccccc1)n1c(=O)c3ccccc3nc21.Cc1ccc2c(c1)c(C)c(-c1ccccc1)n1c(=O)c3ccccc3nc21. The molecular weight excluding hydrogens is 665 g/mol. The molecular formula is C48H36N4O2. The molecule has 0 N–H and O–H groups in total. The van der Waals surface area contributed by atoms with Crippen LogP contribution in [-0.2, 0) is 0 Å². The molecule has 260 valence electrons. The average Bonchev–Trinajstić information content (AvgIpc) is 3.20. The van der Waals surface area contributed by atoms with E-state index >= 15 is 0 Å². The van der Waals surface area contributed by atoms with Gasteiger partial charge < -0.3 is 0 Å². The largest absolute Gasteiger partial charge is 0.268 e. The molecule has 0 aliphatic rings. The summed E-state index contributed by atoms with van der Waals surface area (Å²) in [5.41, 5.74) is 11.2. The first-order valence-corrected chi connectivity index (χ1v) is 18.1. The molecule has 54 heavy (non-hydrogen) atoms. The van der Waals surface area contributed by atoms with Gasteiger partial charge in [-0.1, -0.05) is 132 Å². The van der Waals surface area contributed by atoms with Gasteiger partial charge in [-0.05, 0) is 85.0 Å². The van der Waals surface area contributed by atoms with E-state index in [4.69, 9.17) is 9.97 Å².